The van der Waals surface area contributed by atoms with Crippen LogP contribution in [0.4, 0.5) is 0 Å². The topological polar surface area (TPSA) is 74.7 Å². The molecular formula is C24H29NO4S. The molecule has 1 heterocycles. The number of nitrogens with zero attached hydrogens (tertiary/aromatic N) is 1. The molecule has 2 aliphatic rings. The van der Waals surface area contributed by atoms with Crippen LogP contribution in [0.1, 0.15) is 43.2 Å². The number of rotatable bonds is 4. The number of carbonyl (C=O) groups excluding carboxylic acids is 1. The summed E-state index contributed by atoms with van der Waals surface area (Å²) in [6, 6.07) is 16.5. The van der Waals surface area contributed by atoms with E-state index < -0.39 is 15.4 Å². The van der Waals surface area contributed by atoms with Crippen LogP contribution in [0.25, 0.3) is 0 Å². The molecule has 3 atom stereocenters. The SMILES string of the molecule is CS(=O)(=O)c1ccc(CC(=O)N2CC[C@@](O)(c3ccccc3)[C@H]3CCCC[C@H]32)cc1. The van der Waals surface area contributed by atoms with Gasteiger partial charge in [-0.25, -0.2) is 8.42 Å². The molecule has 5 nitrogen and oxygen atoms in total. The number of piperidine rings is 1. The monoisotopic (exact) mass is 427 g/mol. The van der Waals surface area contributed by atoms with E-state index >= 15 is 0 Å². The molecule has 0 aromatic heterocycles. The van der Waals surface area contributed by atoms with Crippen molar-refractivity contribution in [1.29, 1.82) is 0 Å². The summed E-state index contributed by atoms with van der Waals surface area (Å²) in [6.07, 6.45) is 5.94. The highest BCUT2D eigenvalue weighted by molar-refractivity contribution is 7.90. The van der Waals surface area contributed by atoms with Gasteiger partial charge in [0.25, 0.3) is 0 Å². The molecule has 1 saturated carbocycles. The van der Waals surface area contributed by atoms with E-state index in [9.17, 15) is 18.3 Å². The van der Waals surface area contributed by atoms with Gasteiger partial charge in [0.15, 0.2) is 9.84 Å². The highest BCUT2D eigenvalue weighted by Gasteiger charge is 2.50. The number of sulfone groups is 1. The Morgan fingerprint density at radius 1 is 1.07 bits per heavy atom. The Balaban J connectivity index is 1.53. The standard InChI is InChI=1S/C24H29NO4S/c1-30(28,29)20-13-11-18(12-14-20)17-23(26)25-16-15-24(27,19-7-3-2-4-8-19)21-9-5-6-10-22(21)25/h2-4,7-8,11-14,21-22,27H,5-6,9-10,15-17H2,1H3/t21-,22+,24+/m0/s1. The molecule has 30 heavy (non-hydrogen) atoms. The molecule has 0 bridgehead atoms. The predicted molar refractivity (Wildman–Crippen MR) is 116 cm³/mol. The van der Waals surface area contributed by atoms with E-state index in [1.165, 1.54) is 6.26 Å². The summed E-state index contributed by atoms with van der Waals surface area (Å²) in [5.74, 6) is 0.0908. The quantitative estimate of drug-likeness (QED) is 0.812. The second-order valence-electron chi connectivity index (χ2n) is 8.68. The fraction of sp³-hybridized carbons (Fsp3) is 0.458. The van der Waals surface area contributed by atoms with Gasteiger partial charge in [-0.15, -0.1) is 0 Å². The minimum atomic E-state index is -3.25. The largest absolute Gasteiger partial charge is 0.385 e. The molecule has 1 amide bonds. The minimum Gasteiger partial charge on any atom is -0.385 e. The number of likely N-dealkylation sites (tertiary alicyclic amines) is 1. The first-order chi connectivity index (χ1) is 14.3. The van der Waals surface area contributed by atoms with Crippen molar-refractivity contribution < 1.29 is 18.3 Å². The second-order valence-corrected chi connectivity index (χ2v) is 10.7. The number of aliphatic hydroxyl groups is 1. The molecule has 6 heteroatoms. The molecule has 0 unspecified atom stereocenters. The van der Waals surface area contributed by atoms with Gasteiger partial charge in [0.2, 0.25) is 5.91 Å². The Labute approximate surface area is 178 Å². The van der Waals surface area contributed by atoms with Gasteiger partial charge in [-0.2, -0.15) is 0 Å². The number of benzene rings is 2. The van der Waals surface area contributed by atoms with Crippen molar-refractivity contribution in [2.75, 3.05) is 12.8 Å². The van der Waals surface area contributed by atoms with Crippen LogP contribution in [0.5, 0.6) is 0 Å². The lowest BCUT2D eigenvalue weighted by Gasteiger charge is -2.52. The summed E-state index contributed by atoms with van der Waals surface area (Å²) in [4.78, 5) is 15.4. The van der Waals surface area contributed by atoms with Crippen molar-refractivity contribution >= 4 is 15.7 Å². The lowest BCUT2D eigenvalue weighted by atomic mass is 9.66. The molecule has 0 spiro atoms. The van der Waals surface area contributed by atoms with Crippen LogP contribution < -0.4 is 0 Å². The lowest BCUT2D eigenvalue weighted by Crippen LogP contribution is -2.59. The van der Waals surface area contributed by atoms with Gasteiger partial charge in [0.1, 0.15) is 0 Å². The van der Waals surface area contributed by atoms with Gasteiger partial charge in [-0.1, -0.05) is 55.3 Å². The van der Waals surface area contributed by atoms with Gasteiger partial charge >= 0.3 is 0 Å². The van der Waals surface area contributed by atoms with E-state index in [0.717, 1.165) is 36.8 Å². The first kappa shape index (κ1) is 21.1. The molecule has 0 radical (unpaired) electrons. The van der Waals surface area contributed by atoms with Crippen LogP contribution in [-0.4, -0.2) is 43.2 Å². The summed E-state index contributed by atoms with van der Waals surface area (Å²) < 4.78 is 23.3. The van der Waals surface area contributed by atoms with Crippen molar-refractivity contribution in [1.82, 2.24) is 4.90 Å². The maximum absolute atomic E-state index is 13.2. The van der Waals surface area contributed by atoms with Gasteiger partial charge in [-0.3, -0.25) is 4.79 Å². The van der Waals surface area contributed by atoms with Gasteiger partial charge in [0, 0.05) is 24.8 Å². The summed E-state index contributed by atoms with van der Waals surface area (Å²) in [6.45, 7) is 0.535. The molecular weight excluding hydrogens is 398 g/mol. The first-order valence-electron chi connectivity index (χ1n) is 10.7. The zero-order valence-corrected chi connectivity index (χ0v) is 18.1. The van der Waals surface area contributed by atoms with Crippen LogP contribution in [0.2, 0.25) is 0 Å². The number of amides is 1. The smallest absolute Gasteiger partial charge is 0.227 e. The molecule has 2 aromatic rings. The van der Waals surface area contributed by atoms with Gasteiger partial charge < -0.3 is 10.0 Å². The van der Waals surface area contributed by atoms with Crippen molar-refractivity contribution in [3.63, 3.8) is 0 Å². The molecule has 1 aliphatic heterocycles. The maximum atomic E-state index is 13.2. The van der Waals surface area contributed by atoms with Crippen LogP contribution in [-0.2, 0) is 26.7 Å². The Morgan fingerprint density at radius 2 is 1.73 bits per heavy atom. The molecule has 2 fully saturated rings. The average Bonchev–Trinajstić information content (AvgIpc) is 2.74. The Hall–Kier alpha value is -2.18. The molecule has 2 aromatic carbocycles. The van der Waals surface area contributed by atoms with Crippen molar-refractivity contribution in [3.8, 4) is 0 Å². The molecule has 1 aliphatic carbocycles. The minimum absolute atomic E-state index is 0.0407. The van der Waals surface area contributed by atoms with Crippen molar-refractivity contribution in [3.05, 3.63) is 65.7 Å². The zero-order chi connectivity index (χ0) is 21.4. The Kier molecular flexibility index (Phi) is 5.73. The number of hydrogen-bond donors (Lipinski definition) is 1. The highest BCUT2D eigenvalue weighted by Crippen LogP contribution is 2.47. The fourth-order valence-electron chi connectivity index (χ4n) is 5.21. The van der Waals surface area contributed by atoms with Crippen LogP contribution in [0.3, 0.4) is 0 Å². The summed E-state index contributed by atoms with van der Waals surface area (Å²) in [7, 11) is -3.25. The third kappa shape index (κ3) is 4.03. The van der Waals surface area contributed by atoms with Crippen LogP contribution >= 0.6 is 0 Å². The van der Waals surface area contributed by atoms with Crippen molar-refractivity contribution in [2.45, 2.75) is 55.1 Å². The normalized spacial score (nSPS) is 26.8. The first-order valence-corrected chi connectivity index (χ1v) is 12.5. The molecule has 1 saturated heterocycles. The van der Waals surface area contributed by atoms with Crippen LogP contribution in [0.15, 0.2) is 59.5 Å². The highest BCUT2D eigenvalue weighted by atomic mass is 32.2. The zero-order valence-electron chi connectivity index (χ0n) is 17.3. The third-order valence-electron chi connectivity index (χ3n) is 6.78. The third-order valence-corrected chi connectivity index (χ3v) is 7.91. The second kappa shape index (κ2) is 8.16. The molecule has 160 valence electrons. The van der Waals surface area contributed by atoms with E-state index in [2.05, 4.69) is 0 Å². The molecule has 4 rings (SSSR count). The van der Waals surface area contributed by atoms with Gasteiger partial charge in [-0.05, 0) is 42.5 Å². The lowest BCUT2D eigenvalue weighted by molar-refractivity contribution is -0.154. The Morgan fingerprint density at radius 3 is 2.40 bits per heavy atom. The summed E-state index contributed by atoms with van der Waals surface area (Å²) in [5, 5.41) is 11.6. The van der Waals surface area contributed by atoms with E-state index in [1.54, 1.807) is 24.3 Å². The Bertz CT molecular complexity index is 1000. The number of hydrogen-bond acceptors (Lipinski definition) is 4. The van der Waals surface area contributed by atoms with Crippen molar-refractivity contribution in [2.24, 2.45) is 5.92 Å². The van der Waals surface area contributed by atoms with Crippen LogP contribution in [0, 0.1) is 5.92 Å². The van der Waals surface area contributed by atoms with E-state index in [0.29, 0.717) is 13.0 Å². The van der Waals surface area contributed by atoms with E-state index in [-0.39, 0.29) is 29.2 Å². The van der Waals surface area contributed by atoms with E-state index in [4.69, 9.17) is 0 Å². The number of fused-ring (bicyclic) bond motifs is 1. The average molecular weight is 428 g/mol. The summed E-state index contributed by atoms with van der Waals surface area (Å²) in [5.41, 5.74) is 0.870. The van der Waals surface area contributed by atoms with Gasteiger partial charge in [0.05, 0.1) is 16.9 Å². The fourth-order valence-corrected chi connectivity index (χ4v) is 5.84. The number of carbonyl (C=O) groups is 1. The predicted octanol–water partition coefficient (Wildman–Crippen LogP) is 3.31. The molecule has 1 N–H and O–H groups in total. The van der Waals surface area contributed by atoms with E-state index in [1.807, 2.05) is 35.2 Å². The summed E-state index contributed by atoms with van der Waals surface area (Å²) >= 11 is 0. The maximum Gasteiger partial charge on any atom is 0.227 e.